The van der Waals surface area contributed by atoms with Crippen LogP contribution in [0.3, 0.4) is 0 Å². The predicted molar refractivity (Wildman–Crippen MR) is 74.3 cm³/mol. The Hall–Kier alpha value is -1.69. The number of aliphatic hydroxyl groups excluding tert-OH is 1. The highest BCUT2D eigenvalue weighted by Crippen LogP contribution is 2.17. The lowest BCUT2D eigenvalue weighted by Crippen LogP contribution is -2.34. The number of aromatic nitrogens is 2. The van der Waals surface area contributed by atoms with Crippen molar-refractivity contribution in [1.29, 1.82) is 0 Å². The summed E-state index contributed by atoms with van der Waals surface area (Å²) in [6, 6.07) is 0. The molecule has 0 aliphatic heterocycles. The zero-order valence-corrected chi connectivity index (χ0v) is 12.0. The zero-order valence-electron chi connectivity index (χ0n) is 12.0. The van der Waals surface area contributed by atoms with Gasteiger partial charge in [0.05, 0.1) is 18.5 Å². The minimum Gasteiger partial charge on any atom is -0.395 e. The van der Waals surface area contributed by atoms with Gasteiger partial charge in [-0.05, 0) is 6.92 Å². The maximum absolute atomic E-state index is 12.4. The maximum Gasteiger partial charge on any atom is 0.274 e. The first kappa shape index (κ1) is 15.4. The molecule has 0 aromatic carbocycles. The van der Waals surface area contributed by atoms with Crippen LogP contribution >= 0.6 is 0 Å². The molecule has 1 rings (SSSR count). The molecule has 0 atom stereocenters. The maximum atomic E-state index is 12.4. The van der Waals surface area contributed by atoms with Gasteiger partial charge in [-0.3, -0.25) is 4.79 Å². The van der Waals surface area contributed by atoms with E-state index in [0.717, 1.165) is 0 Å². The van der Waals surface area contributed by atoms with E-state index in [1.165, 1.54) is 0 Å². The molecule has 0 saturated heterocycles. The minimum atomic E-state index is -0.190. The van der Waals surface area contributed by atoms with Crippen LogP contribution < -0.4 is 5.32 Å². The lowest BCUT2D eigenvalue weighted by Gasteiger charge is -2.21. The monoisotopic (exact) mass is 266 g/mol. The molecule has 0 radical (unpaired) electrons. The molecule has 0 bridgehead atoms. The molecule has 1 aromatic heterocycles. The van der Waals surface area contributed by atoms with E-state index in [9.17, 15) is 4.79 Å². The fraction of sp³-hybridized carbons (Fsp3) is 0.615. The van der Waals surface area contributed by atoms with Crippen molar-refractivity contribution in [2.45, 2.75) is 26.7 Å². The molecule has 0 fully saturated rings. The molecular weight excluding hydrogens is 244 g/mol. The second-order valence-electron chi connectivity index (χ2n) is 4.50. The molecule has 19 heavy (non-hydrogen) atoms. The zero-order chi connectivity index (χ0) is 14.4. The fourth-order valence-corrected chi connectivity index (χ4v) is 1.69. The summed E-state index contributed by atoms with van der Waals surface area (Å²) in [4.78, 5) is 22.5. The number of likely N-dealkylation sites (N-methyl/N-ethyl adjacent to an activating group) is 1. The largest absolute Gasteiger partial charge is 0.395 e. The number of hydrogen-bond donors (Lipinski definition) is 2. The summed E-state index contributed by atoms with van der Waals surface area (Å²) in [5, 5.41) is 11.9. The summed E-state index contributed by atoms with van der Waals surface area (Å²) in [5.41, 5.74) is 0.960. The van der Waals surface area contributed by atoms with Crippen molar-refractivity contribution in [2.24, 2.45) is 0 Å². The molecule has 6 nitrogen and oxygen atoms in total. The molecule has 1 heterocycles. The first-order valence-corrected chi connectivity index (χ1v) is 6.49. The molecule has 106 valence electrons. The van der Waals surface area contributed by atoms with Crippen LogP contribution in [-0.2, 0) is 0 Å². The van der Waals surface area contributed by atoms with E-state index in [4.69, 9.17) is 5.11 Å². The van der Waals surface area contributed by atoms with Gasteiger partial charge in [0.15, 0.2) is 5.69 Å². The normalized spacial score (nSPS) is 10.6. The van der Waals surface area contributed by atoms with Crippen LogP contribution in [0.1, 0.15) is 43.0 Å². The van der Waals surface area contributed by atoms with Crippen molar-refractivity contribution in [3.8, 4) is 0 Å². The third-order valence-electron chi connectivity index (χ3n) is 2.83. The van der Waals surface area contributed by atoms with Crippen molar-refractivity contribution < 1.29 is 9.90 Å². The Kier molecular flexibility index (Phi) is 5.69. The van der Waals surface area contributed by atoms with Gasteiger partial charge in [-0.2, -0.15) is 0 Å². The van der Waals surface area contributed by atoms with Crippen LogP contribution in [0.15, 0.2) is 6.20 Å². The smallest absolute Gasteiger partial charge is 0.274 e. The van der Waals surface area contributed by atoms with Crippen molar-refractivity contribution in [3.05, 3.63) is 17.7 Å². The molecule has 2 N–H and O–H groups in total. The van der Waals surface area contributed by atoms with Crippen LogP contribution in [-0.4, -0.2) is 52.6 Å². The average molecular weight is 266 g/mol. The highest BCUT2D eigenvalue weighted by atomic mass is 16.3. The van der Waals surface area contributed by atoms with Gasteiger partial charge in [0.2, 0.25) is 0 Å². The number of rotatable bonds is 6. The molecule has 0 aliphatic rings. The standard InChI is InChI=1S/C13H22N4O2/c1-5-17(6-7-18)13(19)11-10(14-4)8-15-12(16-11)9(2)3/h8-9,14,18H,5-7H2,1-4H3. The quantitative estimate of drug-likeness (QED) is 0.806. The molecule has 0 spiro atoms. The average Bonchev–Trinajstić information content (AvgIpc) is 2.43. The van der Waals surface area contributed by atoms with Crippen LogP contribution in [0.25, 0.3) is 0 Å². The number of anilines is 1. The third-order valence-corrected chi connectivity index (χ3v) is 2.83. The lowest BCUT2D eigenvalue weighted by molar-refractivity contribution is 0.0726. The molecule has 1 aromatic rings. The highest BCUT2D eigenvalue weighted by Gasteiger charge is 2.20. The Balaban J connectivity index is 3.14. The van der Waals surface area contributed by atoms with E-state index in [1.807, 2.05) is 20.8 Å². The number of aliphatic hydroxyl groups is 1. The van der Waals surface area contributed by atoms with Gasteiger partial charge in [-0.15, -0.1) is 0 Å². The summed E-state index contributed by atoms with van der Waals surface area (Å²) in [5.74, 6) is 0.609. The first-order valence-electron chi connectivity index (χ1n) is 6.49. The third kappa shape index (κ3) is 3.64. The number of nitrogens with one attached hydrogen (secondary N) is 1. The number of carbonyl (C=O) groups is 1. The molecule has 6 heteroatoms. The van der Waals surface area contributed by atoms with Crippen molar-refractivity contribution >= 4 is 11.6 Å². The highest BCUT2D eigenvalue weighted by molar-refractivity contribution is 5.97. The van der Waals surface area contributed by atoms with Crippen LogP contribution in [0.4, 0.5) is 5.69 Å². The summed E-state index contributed by atoms with van der Waals surface area (Å²) in [6.07, 6.45) is 1.63. The Morgan fingerprint density at radius 3 is 2.68 bits per heavy atom. The first-order chi connectivity index (χ1) is 9.04. The van der Waals surface area contributed by atoms with Crippen LogP contribution in [0.2, 0.25) is 0 Å². The Labute approximate surface area is 113 Å². The van der Waals surface area contributed by atoms with Gasteiger partial charge < -0.3 is 15.3 Å². The second kappa shape index (κ2) is 7.04. The number of amides is 1. The van der Waals surface area contributed by atoms with E-state index >= 15 is 0 Å². The Morgan fingerprint density at radius 1 is 1.53 bits per heavy atom. The molecule has 0 aliphatic carbocycles. The van der Waals surface area contributed by atoms with Gasteiger partial charge in [0.25, 0.3) is 5.91 Å². The van der Waals surface area contributed by atoms with Crippen molar-refractivity contribution in [2.75, 3.05) is 32.1 Å². The molecule has 1 amide bonds. The second-order valence-corrected chi connectivity index (χ2v) is 4.50. The topological polar surface area (TPSA) is 78.3 Å². The lowest BCUT2D eigenvalue weighted by atomic mass is 10.2. The number of hydrogen-bond acceptors (Lipinski definition) is 5. The van der Waals surface area contributed by atoms with E-state index in [-0.39, 0.29) is 18.4 Å². The molecule has 0 saturated carbocycles. The predicted octanol–water partition coefficient (Wildman–Crippen LogP) is 1.10. The fourth-order valence-electron chi connectivity index (χ4n) is 1.69. The Morgan fingerprint density at radius 2 is 2.21 bits per heavy atom. The van der Waals surface area contributed by atoms with Gasteiger partial charge in [-0.1, -0.05) is 13.8 Å². The van der Waals surface area contributed by atoms with E-state index in [1.54, 1.807) is 18.1 Å². The van der Waals surface area contributed by atoms with Crippen molar-refractivity contribution in [1.82, 2.24) is 14.9 Å². The van der Waals surface area contributed by atoms with Gasteiger partial charge in [0.1, 0.15) is 5.82 Å². The van der Waals surface area contributed by atoms with E-state index in [2.05, 4.69) is 15.3 Å². The summed E-state index contributed by atoms with van der Waals surface area (Å²) in [7, 11) is 1.73. The van der Waals surface area contributed by atoms with Crippen LogP contribution in [0.5, 0.6) is 0 Å². The van der Waals surface area contributed by atoms with E-state index in [0.29, 0.717) is 30.3 Å². The number of nitrogens with zero attached hydrogens (tertiary/aromatic N) is 3. The van der Waals surface area contributed by atoms with Crippen LogP contribution in [0, 0.1) is 0 Å². The van der Waals surface area contributed by atoms with E-state index < -0.39 is 0 Å². The molecular formula is C13H22N4O2. The SMILES string of the molecule is CCN(CCO)C(=O)c1nc(C(C)C)ncc1NC. The van der Waals surface area contributed by atoms with Crippen molar-refractivity contribution in [3.63, 3.8) is 0 Å². The summed E-state index contributed by atoms with van der Waals surface area (Å²) >= 11 is 0. The Bertz CT molecular complexity index is 435. The molecule has 0 unspecified atom stereocenters. The van der Waals surface area contributed by atoms with Gasteiger partial charge >= 0.3 is 0 Å². The number of carbonyl (C=O) groups excluding carboxylic acids is 1. The summed E-state index contributed by atoms with van der Waals surface area (Å²) in [6.45, 7) is 6.61. The minimum absolute atomic E-state index is 0.0589. The van der Waals surface area contributed by atoms with Gasteiger partial charge in [-0.25, -0.2) is 9.97 Å². The summed E-state index contributed by atoms with van der Waals surface area (Å²) < 4.78 is 0. The van der Waals surface area contributed by atoms with Gasteiger partial charge in [0, 0.05) is 26.1 Å².